The van der Waals surface area contributed by atoms with E-state index in [0.29, 0.717) is 24.8 Å². The average Bonchev–Trinajstić information content (AvgIpc) is 2.22. The number of aliphatic hydroxyl groups is 1. The lowest BCUT2D eigenvalue weighted by Crippen LogP contribution is -2.19. The van der Waals surface area contributed by atoms with Gasteiger partial charge in [-0.3, -0.25) is 0 Å². The van der Waals surface area contributed by atoms with Crippen molar-refractivity contribution < 1.29 is 14.6 Å². The van der Waals surface area contributed by atoms with Gasteiger partial charge in [0.25, 0.3) is 0 Å². The Hall–Kier alpha value is -1.51. The first-order valence-corrected chi connectivity index (χ1v) is 4.88. The highest BCUT2D eigenvalue weighted by atomic mass is 16.5. The Morgan fingerprint density at radius 3 is 2.93 bits per heavy atom. The van der Waals surface area contributed by atoms with Crippen LogP contribution in [-0.4, -0.2) is 18.2 Å². The lowest BCUT2D eigenvalue weighted by molar-refractivity contribution is -0.136. The minimum atomic E-state index is -0.470. The van der Waals surface area contributed by atoms with E-state index in [9.17, 15) is 9.90 Å². The van der Waals surface area contributed by atoms with Gasteiger partial charge in [-0.1, -0.05) is 18.2 Å². The van der Waals surface area contributed by atoms with Crippen molar-refractivity contribution in [1.82, 2.24) is 0 Å². The smallest absolute Gasteiger partial charge is 0.337 e. The Balaban J connectivity index is 2.98. The summed E-state index contributed by atoms with van der Waals surface area (Å²) < 4.78 is 4.61. The molecule has 0 radical (unpaired) electrons. The number of esters is 1. The number of ether oxygens (including phenoxy) is 1. The van der Waals surface area contributed by atoms with Gasteiger partial charge in [-0.25, -0.2) is 4.79 Å². The zero-order valence-electron chi connectivity index (χ0n) is 8.95. The fraction of sp³-hybridized carbons (Fsp3) is 0.417. The predicted octanol–water partition coefficient (Wildman–Crippen LogP) is 2.51. The molecule has 0 bridgehead atoms. The third-order valence-corrected chi connectivity index (χ3v) is 2.54. The van der Waals surface area contributed by atoms with Gasteiger partial charge in [-0.05, 0) is 12.8 Å². The summed E-state index contributed by atoms with van der Waals surface area (Å²) in [5.74, 6) is -0.408. The molecule has 0 fully saturated rings. The minimum absolute atomic E-state index is 0.0714. The van der Waals surface area contributed by atoms with Gasteiger partial charge in [-0.15, -0.1) is 6.58 Å². The molecule has 0 aromatic rings. The summed E-state index contributed by atoms with van der Waals surface area (Å²) >= 11 is 0. The quantitative estimate of drug-likeness (QED) is 0.572. The molecule has 0 spiro atoms. The fourth-order valence-electron chi connectivity index (χ4n) is 1.80. The van der Waals surface area contributed by atoms with Gasteiger partial charge in [0.15, 0.2) is 0 Å². The van der Waals surface area contributed by atoms with Crippen molar-refractivity contribution in [3.63, 3.8) is 0 Å². The maximum atomic E-state index is 11.4. The van der Waals surface area contributed by atoms with Crippen LogP contribution in [0.3, 0.4) is 0 Å². The van der Waals surface area contributed by atoms with Gasteiger partial charge < -0.3 is 9.84 Å². The van der Waals surface area contributed by atoms with Crippen LogP contribution < -0.4 is 0 Å². The van der Waals surface area contributed by atoms with Crippen molar-refractivity contribution in [2.45, 2.75) is 19.3 Å². The second-order valence-corrected chi connectivity index (χ2v) is 3.71. The lowest BCUT2D eigenvalue weighted by atomic mass is 9.84. The fourth-order valence-corrected chi connectivity index (χ4v) is 1.80. The second-order valence-electron chi connectivity index (χ2n) is 3.71. The molecular formula is C12H16O3. The molecule has 15 heavy (non-hydrogen) atoms. The number of carbonyl (C=O) groups is 1. The summed E-state index contributed by atoms with van der Waals surface area (Å²) in [6, 6.07) is 0. The summed E-state index contributed by atoms with van der Waals surface area (Å²) in [4.78, 5) is 11.4. The molecule has 82 valence electrons. The van der Waals surface area contributed by atoms with Crippen molar-refractivity contribution in [3.05, 3.63) is 36.1 Å². The Morgan fingerprint density at radius 2 is 2.40 bits per heavy atom. The second kappa shape index (κ2) is 4.82. The maximum absolute atomic E-state index is 11.4. The van der Waals surface area contributed by atoms with E-state index in [1.54, 1.807) is 6.08 Å². The lowest BCUT2D eigenvalue weighted by Gasteiger charge is -2.24. The molecule has 0 amide bonds. The molecule has 1 N–H and O–H groups in total. The van der Waals surface area contributed by atoms with Gasteiger partial charge in [0, 0.05) is 12.3 Å². The SMILES string of the molecule is C=CCC1CC(=C)CC(C(=O)OC)=C1O. The van der Waals surface area contributed by atoms with Gasteiger partial charge in [0.1, 0.15) is 5.76 Å². The normalized spacial score (nSPS) is 21.4. The van der Waals surface area contributed by atoms with Crippen LogP contribution in [0, 0.1) is 5.92 Å². The number of methoxy groups -OCH3 is 1. The predicted molar refractivity (Wildman–Crippen MR) is 58.3 cm³/mol. The molecule has 0 heterocycles. The molecule has 0 aromatic heterocycles. The molecule has 0 saturated heterocycles. The summed E-state index contributed by atoms with van der Waals surface area (Å²) in [7, 11) is 1.31. The molecule has 0 aliphatic heterocycles. The van der Waals surface area contributed by atoms with Crippen LogP contribution in [0.1, 0.15) is 19.3 Å². The van der Waals surface area contributed by atoms with Crippen molar-refractivity contribution in [3.8, 4) is 0 Å². The number of hydrogen-bond donors (Lipinski definition) is 1. The van der Waals surface area contributed by atoms with E-state index in [0.717, 1.165) is 5.57 Å². The first kappa shape index (κ1) is 11.6. The molecule has 1 rings (SSSR count). The Kier molecular flexibility index (Phi) is 3.72. The molecule has 1 aliphatic rings. The highest BCUT2D eigenvalue weighted by Gasteiger charge is 2.28. The molecule has 0 aromatic carbocycles. The summed E-state index contributed by atoms with van der Waals surface area (Å²) in [5.41, 5.74) is 1.28. The van der Waals surface area contributed by atoms with E-state index in [4.69, 9.17) is 0 Å². The molecule has 1 aliphatic carbocycles. The average molecular weight is 208 g/mol. The van der Waals surface area contributed by atoms with E-state index in [1.807, 2.05) is 0 Å². The number of hydrogen-bond acceptors (Lipinski definition) is 3. The van der Waals surface area contributed by atoms with Crippen molar-refractivity contribution >= 4 is 5.97 Å². The molecule has 1 atom stereocenters. The van der Waals surface area contributed by atoms with E-state index in [2.05, 4.69) is 17.9 Å². The summed E-state index contributed by atoms with van der Waals surface area (Å²) in [6.07, 6.45) is 3.49. The van der Waals surface area contributed by atoms with Gasteiger partial charge >= 0.3 is 5.97 Å². The summed E-state index contributed by atoms with van der Waals surface area (Å²) in [6.45, 7) is 7.49. The zero-order chi connectivity index (χ0) is 11.4. The van der Waals surface area contributed by atoms with Crippen LogP contribution in [-0.2, 0) is 9.53 Å². The van der Waals surface area contributed by atoms with Gasteiger partial charge in [0.2, 0.25) is 0 Å². The molecule has 3 heteroatoms. The maximum Gasteiger partial charge on any atom is 0.337 e. The Bertz CT molecular complexity index is 326. The summed E-state index contributed by atoms with van der Waals surface area (Å²) in [5, 5.41) is 9.87. The Labute approximate surface area is 89.7 Å². The monoisotopic (exact) mass is 208 g/mol. The van der Waals surface area contributed by atoms with Gasteiger partial charge in [-0.2, -0.15) is 0 Å². The molecule has 3 nitrogen and oxygen atoms in total. The van der Waals surface area contributed by atoms with Crippen LogP contribution >= 0.6 is 0 Å². The van der Waals surface area contributed by atoms with E-state index < -0.39 is 5.97 Å². The first-order valence-electron chi connectivity index (χ1n) is 4.88. The van der Waals surface area contributed by atoms with Crippen LogP contribution in [0.4, 0.5) is 0 Å². The molecule has 0 saturated carbocycles. The van der Waals surface area contributed by atoms with E-state index in [1.165, 1.54) is 7.11 Å². The van der Waals surface area contributed by atoms with Crippen LogP contribution in [0.5, 0.6) is 0 Å². The third kappa shape index (κ3) is 2.49. The number of rotatable bonds is 3. The van der Waals surface area contributed by atoms with Crippen molar-refractivity contribution in [1.29, 1.82) is 0 Å². The van der Waals surface area contributed by atoms with Gasteiger partial charge in [0.05, 0.1) is 12.7 Å². The van der Waals surface area contributed by atoms with Crippen molar-refractivity contribution in [2.75, 3.05) is 7.11 Å². The topological polar surface area (TPSA) is 46.5 Å². The van der Waals surface area contributed by atoms with Crippen LogP contribution in [0.25, 0.3) is 0 Å². The van der Waals surface area contributed by atoms with E-state index in [-0.39, 0.29) is 11.7 Å². The minimum Gasteiger partial charge on any atom is -0.511 e. The molecular weight excluding hydrogens is 192 g/mol. The highest BCUT2D eigenvalue weighted by Crippen LogP contribution is 2.34. The molecule has 1 unspecified atom stereocenters. The largest absolute Gasteiger partial charge is 0.511 e. The third-order valence-electron chi connectivity index (χ3n) is 2.54. The standard InChI is InChI=1S/C12H16O3/c1-4-5-9-6-8(2)7-10(11(9)13)12(14)15-3/h4,9,13H,1-2,5-7H2,3H3. The zero-order valence-corrected chi connectivity index (χ0v) is 8.95. The van der Waals surface area contributed by atoms with Crippen LogP contribution in [0.15, 0.2) is 36.1 Å². The van der Waals surface area contributed by atoms with Crippen molar-refractivity contribution in [2.24, 2.45) is 5.92 Å². The number of aliphatic hydroxyl groups excluding tert-OH is 1. The highest BCUT2D eigenvalue weighted by molar-refractivity contribution is 5.89. The first-order chi connectivity index (χ1) is 7.10. The number of carbonyl (C=O) groups excluding carboxylic acids is 1. The van der Waals surface area contributed by atoms with E-state index >= 15 is 0 Å². The van der Waals surface area contributed by atoms with Crippen LogP contribution in [0.2, 0.25) is 0 Å². The Morgan fingerprint density at radius 1 is 1.73 bits per heavy atom. The number of allylic oxidation sites excluding steroid dienone is 3.